The van der Waals surface area contributed by atoms with Crippen LogP contribution in [0.2, 0.25) is 0 Å². The Morgan fingerprint density at radius 1 is 1.38 bits per heavy atom. The SMILES string of the molecule is Cn1ccnc1CN(CCC(=O)Nc1nnc(C2CC2)s1)C1CC1. The standard InChI is InChI=1S/C16H22N6OS/c1-21-9-7-17-13(21)10-22(12-4-5-12)8-6-14(23)18-16-20-19-15(24-16)11-2-3-11/h7,9,11-12H,2-6,8,10H2,1H3,(H,18,20,23). The number of carbonyl (C=O) groups excluding carboxylic acids is 1. The third-order valence-corrected chi connectivity index (χ3v) is 5.57. The summed E-state index contributed by atoms with van der Waals surface area (Å²) in [5.74, 6) is 1.63. The zero-order valence-corrected chi connectivity index (χ0v) is 14.6. The van der Waals surface area contributed by atoms with E-state index in [4.69, 9.17) is 0 Å². The van der Waals surface area contributed by atoms with E-state index in [2.05, 4.69) is 25.4 Å². The first-order chi connectivity index (χ1) is 11.7. The van der Waals surface area contributed by atoms with Crippen molar-refractivity contribution in [3.05, 3.63) is 23.2 Å². The lowest BCUT2D eigenvalue weighted by atomic mass is 10.3. The van der Waals surface area contributed by atoms with Gasteiger partial charge in [-0.25, -0.2) is 4.98 Å². The highest BCUT2D eigenvalue weighted by Crippen LogP contribution is 2.42. The van der Waals surface area contributed by atoms with Crippen molar-refractivity contribution in [2.24, 2.45) is 7.05 Å². The van der Waals surface area contributed by atoms with Crippen molar-refractivity contribution < 1.29 is 4.79 Å². The molecule has 2 fully saturated rings. The van der Waals surface area contributed by atoms with Crippen LogP contribution in [0.1, 0.15) is 48.9 Å². The van der Waals surface area contributed by atoms with Gasteiger partial charge in [0.15, 0.2) is 0 Å². The lowest BCUT2D eigenvalue weighted by Crippen LogP contribution is -2.30. The van der Waals surface area contributed by atoms with Crippen molar-refractivity contribution in [3.8, 4) is 0 Å². The summed E-state index contributed by atoms with van der Waals surface area (Å²) in [5, 5.41) is 12.8. The third kappa shape index (κ3) is 3.81. The van der Waals surface area contributed by atoms with Gasteiger partial charge in [-0.05, 0) is 25.7 Å². The summed E-state index contributed by atoms with van der Waals surface area (Å²) in [7, 11) is 2.01. The van der Waals surface area contributed by atoms with Gasteiger partial charge in [-0.15, -0.1) is 10.2 Å². The number of nitrogens with zero attached hydrogens (tertiary/aromatic N) is 5. The van der Waals surface area contributed by atoms with Gasteiger partial charge in [-0.3, -0.25) is 9.69 Å². The fraction of sp³-hybridized carbons (Fsp3) is 0.625. The molecule has 128 valence electrons. The molecule has 2 aliphatic carbocycles. The van der Waals surface area contributed by atoms with Gasteiger partial charge in [-0.2, -0.15) is 0 Å². The Hall–Kier alpha value is -1.80. The van der Waals surface area contributed by atoms with Crippen LogP contribution in [0.15, 0.2) is 12.4 Å². The summed E-state index contributed by atoms with van der Waals surface area (Å²) in [4.78, 5) is 19.0. The van der Waals surface area contributed by atoms with E-state index in [1.807, 2.05) is 24.0 Å². The average Bonchev–Trinajstić information content (AvgIpc) is 3.49. The third-order valence-electron chi connectivity index (χ3n) is 4.57. The summed E-state index contributed by atoms with van der Waals surface area (Å²) < 4.78 is 2.04. The molecule has 0 aromatic carbocycles. The molecule has 1 amide bonds. The van der Waals surface area contributed by atoms with Crippen molar-refractivity contribution in [2.75, 3.05) is 11.9 Å². The fourth-order valence-electron chi connectivity index (χ4n) is 2.77. The van der Waals surface area contributed by atoms with Gasteiger partial charge in [0.05, 0.1) is 6.54 Å². The van der Waals surface area contributed by atoms with Gasteiger partial charge in [0, 0.05) is 44.4 Å². The molecule has 0 aliphatic heterocycles. The average molecular weight is 346 g/mol. The molecule has 24 heavy (non-hydrogen) atoms. The highest BCUT2D eigenvalue weighted by molar-refractivity contribution is 7.15. The van der Waals surface area contributed by atoms with Gasteiger partial charge < -0.3 is 9.88 Å². The van der Waals surface area contributed by atoms with E-state index >= 15 is 0 Å². The van der Waals surface area contributed by atoms with Crippen LogP contribution in [0, 0.1) is 0 Å². The number of aromatic nitrogens is 4. The Kier molecular flexibility index (Phi) is 4.32. The fourth-order valence-corrected chi connectivity index (χ4v) is 3.70. The van der Waals surface area contributed by atoms with E-state index in [1.165, 1.54) is 37.0 Å². The minimum absolute atomic E-state index is 0.0130. The van der Waals surface area contributed by atoms with Crippen LogP contribution in [-0.4, -0.2) is 43.1 Å². The van der Waals surface area contributed by atoms with Crippen LogP contribution in [0.4, 0.5) is 5.13 Å². The number of anilines is 1. The number of amides is 1. The summed E-state index contributed by atoms with van der Waals surface area (Å²) >= 11 is 1.51. The van der Waals surface area contributed by atoms with Gasteiger partial charge in [-0.1, -0.05) is 11.3 Å². The molecule has 2 aliphatic rings. The molecule has 8 heteroatoms. The number of nitrogens with one attached hydrogen (secondary N) is 1. The highest BCUT2D eigenvalue weighted by atomic mass is 32.1. The number of hydrogen-bond acceptors (Lipinski definition) is 6. The molecule has 0 atom stereocenters. The van der Waals surface area contributed by atoms with E-state index in [0.717, 1.165) is 23.9 Å². The zero-order valence-electron chi connectivity index (χ0n) is 13.8. The monoisotopic (exact) mass is 346 g/mol. The maximum Gasteiger partial charge on any atom is 0.227 e. The van der Waals surface area contributed by atoms with Gasteiger partial charge >= 0.3 is 0 Å². The van der Waals surface area contributed by atoms with Crippen molar-refractivity contribution in [1.82, 2.24) is 24.6 Å². The maximum atomic E-state index is 12.2. The van der Waals surface area contributed by atoms with E-state index in [1.54, 1.807) is 0 Å². The Morgan fingerprint density at radius 2 is 2.21 bits per heavy atom. The summed E-state index contributed by atoms with van der Waals surface area (Å²) in [6.45, 7) is 1.55. The second-order valence-electron chi connectivity index (χ2n) is 6.67. The molecule has 2 aromatic heterocycles. The Morgan fingerprint density at radius 3 is 2.88 bits per heavy atom. The molecule has 2 aromatic rings. The molecule has 0 radical (unpaired) electrons. The van der Waals surface area contributed by atoms with E-state index in [-0.39, 0.29) is 5.91 Å². The first-order valence-electron chi connectivity index (χ1n) is 8.52. The largest absolute Gasteiger partial charge is 0.337 e. The van der Waals surface area contributed by atoms with Crippen LogP contribution in [0.25, 0.3) is 0 Å². The molecular weight excluding hydrogens is 324 g/mol. The van der Waals surface area contributed by atoms with Crippen molar-refractivity contribution >= 4 is 22.4 Å². The molecule has 4 rings (SSSR count). The lowest BCUT2D eigenvalue weighted by Gasteiger charge is -2.21. The molecule has 0 unspecified atom stereocenters. The Labute approximate surface area is 145 Å². The molecule has 0 bridgehead atoms. The van der Waals surface area contributed by atoms with Crippen LogP contribution < -0.4 is 5.32 Å². The second kappa shape index (κ2) is 6.60. The van der Waals surface area contributed by atoms with E-state index in [0.29, 0.717) is 23.5 Å². The molecule has 7 nitrogen and oxygen atoms in total. The van der Waals surface area contributed by atoms with Crippen LogP contribution >= 0.6 is 11.3 Å². The minimum Gasteiger partial charge on any atom is -0.337 e. The second-order valence-corrected chi connectivity index (χ2v) is 7.68. The smallest absolute Gasteiger partial charge is 0.227 e. The summed E-state index contributed by atoms with van der Waals surface area (Å²) in [6.07, 6.45) is 9.08. The topological polar surface area (TPSA) is 75.9 Å². The van der Waals surface area contributed by atoms with Crippen LogP contribution in [0.5, 0.6) is 0 Å². The number of hydrogen-bond donors (Lipinski definition) is 1. The van der Waals surface area contributed by atoms with Crippen LogP contribution in [-0.2, 0) is 18.4 Å². The molecule has 0 saturated heterocycles. The van der Waals surface area contributed by atoms with E-state index < -0.39 is 0 Å². The van der Waals surface area contributed by atoms with Gasteiger partial charge in [0.2, 0.25) is 11.0 Å². The quantitative estimate of drug-likeness (QED) is 0.792. The predicted octanol–water partition coefficient (Wildman–Crippen LogP) is 2.14. The maximum absolute atomic E-state index is 12.2. The Bertz CT molecular complexity index is 718. The molecule has 1 N–H and O–H groups in total. The molecule has 2 heterocycles. The van der Waals surface area contributed by atoms with Gasteiger partial charge in [0.25, 0.3) is 0 Å². The van der Waals surface area contributed by atoms with Crippen LogP contribution in [0.3, 0.4) is 0 Å². The van der Waals surface area contributed by atoms with E-state index in [9.17, 15) is 4.79 Å². The predicted molar refractivity (Wildman–Crippen MR) is 91.8 cm³/mol. The first-order valence-corrected chi connectivity index (χ1v) is 9.34. The van der Waals surface area contributed by atoms with Gasteiger partial charge in [0.1, 0.15) is 10.8 Å². The lowest BCUT2D eigenvalue weighted by molar-refractivity contribution is -0.116. The zero-order chi connectivity index (χ0) is 16.5. The first kappa shape index (κ1) is 15.7. The minimum atomic E-state index is 0.0130. The van der Waals surface area contributed by atoms with Crippen molar-refractivity contribution in [3.63, 3.8) is 0 Å². The number of rotatable bonds is 8. The molecule has 0 spiro atoms. The summed E-state index contributed by atoms with van der Waals surface area (Å²) in [5.41, 5.74) is 0. The highest BCUT2D eigenvalue weighted by Gasteiger charge is 2.30. The molecular formula is C16H22N6OS. The summed E-state index contributed by atoms with van der Waals surface area (Å²) in [6, 6.07) is 0.595. The number of aryl methyl sites for hydroxylation is 1. The number of carbonyl (C=O) groups is 1. The molecule has 2 saturated carbocycles. The number of imidazole rings is 1. The van der Waals surface area contributed by atoms with Crippen molar-refractivity contribution in [1.29, 1.82) is 0 Å². The Balaban J connectivity index is 1.28. The van der Waals surface area contributed by atoms with Crippen molar-refractivity contribution in [2.45, 2.75) is 50.6 Å². The normalized spacial score (nSPS) is 17.4.